The second-order valence-corrected chi connectivity index (χ2v) is 6.86. The fourth-order valence-corrected chi connectivity index (χ4v) is 2.81. The molecule has 1 aromatic rings. The normalized spacial score (nSPS) is 20.4. The molecule has 0 aromatic heterocycles. The van der Waals surface area contributed by atoms with Gasteiger partial charge in [0.05, 0.1) is 24.7 Å². The van der Waals surface area contributed by atoms with Gasteiger partial charge in [0, 0.05) is 19.0 Å². The largest absolute Gasteiger partial charge is 0.469 e. The highest BCUT2D eigenvalue weighted by Crippen LogP contribution is 2.34. The van der Waals surface area contributed by atoms with E-state index in [4.69, 9.17) is 14.7 Å². The van der Waals surface area contributed by atoms with Gasteiger partial charge < -0.3 is 14.4 Å². The first-order valence-electron chi connectivity index (χ1n) is 7.81. The Morgan fingerprint density at radius 2 is 1.83 bits per heavy atom. The molecule has 1 aliphatic heterocycles. The Bertz CT molecular complexity index is 655. The van der Waals surface area contributed by atoms with Crippen molar-refractivity contribution in [3.8, 4) is 6.07 Å². The van der Waals surface area contributed by atoms with Crippen molar-refractivity contribution in [1.29, 1.82) is 5.26 Å². The molecule has 0 bridgehead atoms. The van der Waals surface area contributed by atoms with Gasteiger partial charge in [-0.05, 0) is 38.5 Å². The Hall–Kier alpha value is -2.55. The molecular weight excluding hydrogens is 308 g/mol. The molecule has 1 fully saturated rings. The molecule has 6 nitrogen and oxygen atoms in total. The summed E-state index contributed by atoms with van der Waals surface area (Å²) < 4.78 is 10.3. The Morgan fingerprint density at radius 1 is 1.21 bits per heavy atom. The molecule has 2 rings (SSSR count). The van der Waals surface area contributed by atoms with Gasteiger partial charge in [-0.3, -0.25) is 4.79 Å². The molecule has 0 radical (unpaired) electrons. The molecule has 0 aliphatic carbocycles. The van der Waals surface area contributed by atoms with E-state index in [1.807, 2.05) is 12.1 Å². The van der Waals surface area contributed by atoms with Crippen LogP contribution in [0.15, 0.2) is 24.3 Å². The van der Waals surface area contributed by atoms with Gasteiger partial charge in [-0.15, -0.1) is 0 Å². The zero-order valence-electron chi connectivity index (χ0n) is 14.4. The number of carbonyl (C=O) groups excluding carboxylic acids is 2. The first-order chi connectivity index (χ1) is 11.2. The van der Waals surface area contributed by atoms with Crippen molar-refractivity contribution in [2.45, 2.75) is 32.3 Å². The van der Waals surface area contributed by atoms with Crippen LogP contribution in [0.2, 0.25) is 0 Å². The highest BCUT2D eigenvalue weighted by Gasteiger charge is 2.42. The monoisotopic (exact) mass is 330 g/mol. The van der Waals surface area contributed by atoms with Crippen LogP contribution in [0.4, 0.5) is 4.79 Å². The Balaban J connectivity index is 2.22. The number of nitriles is 1. The van der Waals surface area contributed by atoms with Gasteiger partial charge in [0.25, 0.3) is 0 Å². The zero-order valence-corrected chi connectivity index (χ0v) is 14.4. The molecule has 1 aromatic carbocycles. The molecule has 0 saturated carbocycles. The summed E-state index contributed by atoms with van der Waals surface area (Å²) in [5.74, 6) is -0.983. The van der Waals surface area contributed by atoms with Gasteiger partial charge in [-0.1, -0.05) is 12.1 Å². The summed E-state index contributed by atoms with van der Waals surface area (Å²) in [5.41, 5.74) is 0.857. The summed E-state index contributed by atoms with van der Waals surface area (Å²) in [6.45, 7) is 6.04. The first kappa shape index (κ1) is 17.8. The number of likely N-dealkylation sites (tertiary alicyclic amines) is 1. The molecule has 2 atom stereocenters. The van der Waals surface area contributed by atoms with E-state index in [0.717, 1.165) is 5.56 Å². The molecule has 1 saturated heterocycles. The molecular formula is C18H22N2O4. The lowest BCUT2D eigenvalue weighted by Gasteiger charge is -2.24. The van der Waals surface area contributed by atoms with Crippen molar-refractivity contribution in [3.05, 3.63) is 35.4 Å². The summed E-state index contributed by atoms with van der Waals surface area (Å²) in [4.78, 5) is 26.0. The average Bonchev–Trinajstić information content (AvgIpc) is 2.98. The second kappa shape index (κ2) is 6.91. The van der Waals surface area contributed by atoms with E-state index < -0.39 is 17.6 Å². The quantitative estimate of drug-likeness (QED) is 0.779. The summed E-state index contributed by atoms with van der Waals surface area (Å²) in [6, 6.07) is 9.12. The van der Waals surface area contributed by atoms with Crippen molar-refractivity contribution in [2.24, 2.45) is 5.92 Å². The lowest BCUT2D eigenvalue weighted by atomic mass is 9.88. The van der Waals surface area contributed by atoms with Gasteiger partial charge in [-0.2, -0.15) is 5.26 Å². The van der Waals surface area contributed by atoms with Crippen molar-refractivity contribution in [3.63, 3.8) is 0 Å². The lowest BCUT2D eigenvalue weighted by Crippen LogP contribution is -2.36. The van der Waals surface area contributed by atoms with Crippen LogP contribution in [0.25, 0.3) is 0 Å². The summed E-state index contributed by atoms with van der Waals surface area (Å²) in [5, 5.41) is 8.90. The third-order valence-corrected chi connectivity index (χ3v) is 3.94. The third-order valence-electron chi connectivity index (χ3n) is 3.94. The average molecular weight is 330 g/mol. The Kier molecular flexibility index (Phi) is 5.13. The number of esters is 1. The maximum absolute atomic E-state index is 12.3. The fraction of sp³-hybridized carbons (Fsp3) is 0.500. The van der Waals surface area contributed by atoms with Crippen LogP contribution < -0.4 is 0 Å². The number of rotatable bonds is 2. The van der Waals surface area contributed by atoms with Crippen LogP contribution in [0, 0.1) is 17.2 Å². The van der Waals surface area contributed by atoms with Gasteiger partial charge >= 0.3 is 12.1 Å². The highest BCUT2D eigenvalue weighted by atomic mass is 16.6. The van der Waals surface area contributed by atoms with Gasteiger partial charge in [0.2, 0.25) is 0 Å². The molecule has 1 aliphatic rings. The van der Waals surface area contributed by atoms with Gasteiger partial charge in [-0.25, -0.2) is 4.79 Å². The topological polar surface area (TPSA) is 79.6 Å². The molecule has 0 unspecified atom stereocenters. The number of nitrogens with zero attached hydrogens (tertiary/aromatic N) is 2. The number of ether oxygens (including phenoxy) is 2. The van der Waals surface area contributed by atoms with Gasteiger partial charge in [0.1, 0.15) is 5.60 Å². The minimum absolute atomic E-state index is 0.183. The third kappa shape index (κ3) is 4.05. The predicted molar refractivity (Wildman–Crippen MR) is 87.2 cm³/mol. The molecule has 0 N–H and O–H groups in total. The molecule has 1 amide bonds. The van der Waals surface area contributed by atoms with Crippen LogP contribution in [0.3, 0.4) is 0 Å². The van der Waals surface area contributed by atoms with E-state index in [2.05, 4.69) is 6.07 Å². The Labute approximate surface area is 142 Å². The van der Waals surface area contributed by atoms with Crippen molar-refractivity contribution in [1.82, 2.24) is 4.90 Å². The molecule has 24 heavy (non-hydrogen) atoms. The lowest BCUT2D eigenvalue weighted by molar-refractivity contribution is -0.145. The highest BCUT2D eigenvalue weighted by molar-refractivity contribution is 5.77. The minimum atomic E-state index is -0.593. The molecule has 6 heteroatoms. The maximum atomic E-state index is 12.3. The SMILES string of the molecule is COC(=O)[C@H]1CN(C(=O)OC(C)(C)C)C[C@@H]1c1ccc(C#N)cc1. The number of amides is 1. The summed E-state index contributed by atoms with van der Waals surface area (Å²) >= 11 is 0. The number of methoxy groups -OCH3 is 1. The van der Waals surface area contributed by atoms with E-state index in [1.54, 1.807) is 32.9 Å². The minimum Gasteiger partial charge on any atom is -0.469 e. The zero-order chi connectivity index (χ0) is 17.9. The van der Waals surface area contributed by atoms with Crippen molar-refractivity contribution >= 4 is 12.1 Å². The predicted octanol–water partition coefficient (Wildman–Crippen LogP) is 2.68. The van der Waals surface area contributed by atoms with Crippen LogP contribution in [-0.2, 0) is 14.3 Å². The van der Waals surface area contributed by atoms with Gasteiger partial charge in [0.15, 0.2) is 0 Å². The van der Waals surface area contributed by atoms with E-state index in [0.29, 0.717) is 12.1 Å². The van der Waals surface area contributed by atoms with Crippen LogP contribution in [-0.4, -0.2) is 42.8 Å². The van der Waals surface area contributed by atoms with E-state index in [1.165, 1.54) is 12.0 Å². The van der Waals surface area contributed by atoms with Crippen molar-refractivity contribution < 1.29 is 19.1 Å². The van der Waals surface area contributed by atoms with E-state index in [9.17, 15) is 9.59 Å². The van der Waals surface area contributed by atoms with Crippen LogP contribution in [0.5, 0.6) is 0 Å². The number of benzene rings is 1. The molecule has 0 spiro atoms. The number of carbonyl (C=O) groups is 2. The standard InChI is InChI=1S/C18H22N2O4/c1-18(2,3)24-17(22)20-10-14(15(11-20)16(21)23-4)13-7-5-12(9-19)6-8-13/h5-8,14-15H,10-11H2,1-4H3/t14-,15+/m1/s1. The number of hydrogen-bond acceptors (Lipinski definition) is 5. The molecule has 128 valence electrons. The number of hydrogen-bond donors (Lipinski definition) is 0. The van der Waals surface area contributed by atoms with Crippen LogP contribution >= 0.6 is 0 Å². The van der Waals surface area contributed by atoms with Crippen LogP contribution in [0.1, 0.15) is 37.8 Å². The fourth-order valence-electron chi connectivity index (χ4n) is 2.81. The first-order valence-corrected chi connectivity index (χ1v) is 7.81. The second-order valence-electron chi connectivity index (χ2n) is 6.86. The molecule has 1 heterocycles. The van der Waals surface area contributed by atoms with E-state index >= 15 is 0 Å². The maximum Gasteiger partial charge on any atom is 0.410 e. The Morgan fingerprint density at radius 3 is 2.33 bits per heavy atom. The smallest absolute Gasteiger partial charge is 0.410 e. The summed E-state index contributed by atoms with van der Waals surface area (Å²) in [7, 11) is 1.34. The summed E-state index contributed by atoms with van der Waals surface area (Å²) in [6.07, 6.45) is -0.437. The van der Waals surface area contributed by atoms with E-state index in [-0.39, 0.29) is 18.4 Å². The van der Waals surface area contributed by atoms with Crippen molar-refractivity contribution in [2.75, 3.05) is 20.2 Å².